The summed E-state index contributed by atoms with van der Waals surface area (Å²) in [4.78, 5) is 22.8. The van der Waals surface area contributed by atoms with Gasteiger partial charge in [-0.1, -0.05) is 13.8 Å². The third-order valence-electron chi connectivity index (χ3n) is 2.48. The topological polar surface area (TPSA) is 70.7 Å². The molecule has 0 aromatic carbocycles. The van der Waals surface area contributed by atoms with Crippen molar-refractivity contribution in [2.75, 3.05) is 11.9 Å². The Labute approximate surface area is 109 Å². The highest BCUT2D eigenvalue weighted by atomic mass is 32.1. The SMILES string of the molecule is CC(C)c1nc(NCCc2cscn2)cc(=O)[nH]1. The minimum Gasteiger partial charge on any atom is -0.369 e. The molecule has 0 spiro atoms. The summed E-state index contributed by atoms with van der Waals surface area (Å²) in [5.41, 5.74) is 2.75. The Hall–Kier alpha value is -1.69. The van der Waals surface area contributed by atoms with E-state index < -0.39 is 0 Å². The minimum atomic E-state index is -0.121. The summed E-state index contributed by atoms with van der Waals surface area (Å²) < 4.78 is 0. The first kappa shape index (κ1) is 12.8. The largest absolute Gasteiger partial charge is 0.369 e. The highest BCUT2D eigenvalue weighted by Crippen LogP contribution is 2.09. The molecule has 6 heteroatoms. The van der Waals surface area contributed by atoms with Crippen LogP contribution in [0.4, 0.5) is 5.82 Å². The van der Waals surface area contributed by atoms with Crippen LogP contribution in [0.25, 0.3) is 0 Å². The van der Waals surface area contributed by atoms with Crippen LogP contribution in [0.3, 0.4) is 0 Å². The van der Waals surface area contributed by atoms with Crippen LogP contribution in [0.5, 0.6) is 0 Å². The van der Waals surface area contributed by atoms with Crippen molar-refractivity contribution < 1.29 is 0 Å². The van der Waals surface area contributed by atoms with Crippen LogP contribution in [0.2, 0.25) is 0 Å². The molecule has 5 nitrogen and oxygen atoms in total. The van der Waals surface area contributed by atoms with Gasteiger partial charge >= 0.3 is 0 Å². The molecule has 0 saturated carbocycles. The van der Waals surface area contributed by atoms with Gasteiger partial charge in [0.05, 0.1) is 11.2 Å². The lowest BCUT2D eigenvalue weighted by atomic mass is 10.2. The number of anilines is 1. The first-order chi connectivity index (χ1) is 8.65. The Morgan fingerprint density at radius 2 is 2.33 bits per heavy atom. The van der Waals surface area contributed by atoms with Gasteiger partial charge in [0, 0.05) is 30.3 Å². The van der Waals surface area contributed by atoms with Crippen molar-refractivity contribution in [1.29, 1.82) is 0 Å². The molecule has 2 rings (SSSR count). The number of hydrogen-bond donors (Lipinski definition) is 2. The van der Waals surface area contributed by atoms with E-state index in [2.05, 4.69) is 20.3 Å². The van der Waals surface area contributed by atoms with Crippen molar-refractivity contribution >= 4 is 17.2 Å². The van der Waals surface area contributed by atoms with Gasteiger partial charge in [0.15, 0.2) is 0 Å². The van der Waals surface area contributed by atoms with Crippen LogP contribution in [-0.4, -0.2) is 21.5 Å². The molecule has 2 heterocycles. The summed E-state index contributed by atoms with van der Waals surface area (Å²) >= 11 is 1.59. The highest BCUT2D eigenvalue weighted by molar-refractivity contribution is 7.07. The predicted molar refractivity (Wildman–Crippen MR) is 73.3 cm³/mol. The van der Waals surface area contributed by atoms with Crippen molar-refractivity contribution in [2.24, 2.45) is 0 Å². The fraction of sp³-hybridized carbons (Fsp3) is 0.417. The lowest BCUT2D eigenvalue weighted by molar-refractivity contribution is 0.766. The summed E-state index contributed by atoms with van der Waals surface area (Å²) in [5, 5.41) is 5.17. The quantitative estimate of drug-likeness (QED) is 0.866. The average Bonchev–Trinajstić information content (AvgIpc) is 2.81. The summed E-state index contributed by atoms with van der Waals surface area (Å²) in [6.45, 7) is 4.71. The Morgan fingerprint density at radius 1 is 1.50 bits per heavy atom. The number of aromatic nitrogens is 3. The van der Waals surface area contributed by atoms with Crippen molar-refractivity contribution in [3.05, 3.63) is 38.8 Å². The standard InChI is InChI=1S/C12H16N4OS/c1-8(2)12-15-10(5-11(17)16-12)13-4-3-9-6-18-7-14-9/h5-8H,3-4H2,1-2H3,(H2,13,15,16,17). The average molecular weight is 264 g/mol. The molecule has 0 bridgehead atoms. The predicted octanol–water partition coefficient (Wildman–Crippen LogP) is 2.00. The van der Waals surface area contributed by atoms with E-state index in [1.807, 2.05) is 24.7 Å². The fourth-order valence-corrected chi connectivity index (χ4v) is 2.11. The van der Waals surface area contributed by atoms with Crippen LogP contribution < -0.4 is 10.9 Å². The molecule has 0 saturated heterocycles. The van der Waals surface area contributed by atoms with Gasteiger partial charge in [-0.2, -0.15) is 0 Å². The maximum absolute atomic E-state index is 11.5. The fourth-order valence-electron chi connectivity index (χ4n) is 1.52. The number of rotatable bonds is 5. The number of nitrogens with zero attached hydrogens (tertiary/aromatic N) is 2. The second-order valence-corrected chi connectivity index (χ2v) is 5.05. The molecule has 0 atom stereocenters. The first-order valence-electron chi connectivity index (χ1n) is 5.87. The number of H-pyrrole nitrogens is 1. The van der Waals surface area contributed by atoms with Crippen molar-refractivity contribution in [3.63, 3.8) is 0 Å². The molecule has 18 heavy (non-hydrogen) atoms. The third-order valence-corrected chi connectivity index (χ3v) is 3.11. The smallest absolute Gasteiger partial charge is 0.252 e. The molecule has 0 unspecified atom stereocenters. The van der Waals surface area contributed by atoms with Gasteiger partial charge in [-0.3, -0.25) is 4.79 Å². The van der Waals surface area contributed by atoms with Crippen molar-refractivity contribution in [2.45, 2.75) is 26.2 Å². The lowest BCUT2D eigenvalue weighted by Crippen LogP contribution is -2.15. The molecule has 0 radical (unpaired) electrons. The second kappa shape index (κ2) is 5.77. The van der Waals surface area contributed by atoms with E-state index >= 15 is 0 Å². The van der Waals surface area contributed by atoms with Crippen LogP contribution in [0.1, 0.15) is 31.3 Å². The van der Waals surface area contributed by atoms with E-state index in [1.165, 1.54) is 6.07 Å². The number of aromatic amines is 1. The normalized spacial score (nSPS) is 10.8. The van der Waals surface area contributed by atoms with Crippen LogP contribution in [-0.2, 0) is 6.42 Å². The zero-order valence-electron chi connectivity index (χ0n) is 10.4. The Kier molecular flexibility index (Phi) is 4.09. The molecular weight excluding hydrogens is 248 g/mol. The maximum atomic E-state index is 11.5. The lowest BCUT2D eigenvalue weighted by Gasteiger charge is -2.08. The molecular formula is C12H16N4OS. The first-order valence-corrected chi connectivity index (χ1v) is 6.81. The van der Waals surface area contributed by atoms with E-state index in [0.717, 1.165) is 18.7 Å². The van der Waals surface area contributed by atoms with E-state index in [4.69, 9.17) is 0 Å². The minimum absolute atomic E-state index is 0.121. The highest BCUT2D eigenvalue weighted by Gasteiger charge is 2.04. The van der Waals surface area contributed by atoms with E-state index in [0.29, 0.717) is 11.6 Å². The molecule has 0 amide bonds. The summed E-state index contributed by atoms with van der Waals surface area (Å²) in [5.74, 6) is 1.54. The Balaban J connectivity index is 1.98. The Morgan fingerprint density at radius 3 is 3.00 bits per heavy atom. The summed E-state index contributed by atoms with van der Waals surface area (Å²) in [6.07, 6.45) is 0.828. The Bertz CT molecular complexity index is 547. The number of thiazole rings is 1. The summed E-state index contributed by atoms with van der Waals surface area (Å²) in [7, 11) is 0. The second-order valence-electron chi connectivity index (χ2n) is 4.33. The van der Waals surface area contributed by atoms with Crippen LogP contribution in [0.15, 0.2) is 21.8 Å². The molecule has 2 aromatic heterocycles. The van der Waals surface area contributed by atoms with E-state index in [1.54, 1.807) is 11.3 Å². The molecule has 2 N–H and O–H groups in total. The van der Waals surface area contributed by atoms with Gasteiger partial charge in [-0.25, -0.2) is 9.97 Å². The molecule has 96 valence electrons. The van der Waals surface area contributed by atoms with E-state index in [9.17, 15) is 4.79 Å². The van der Waals surface area contributed by atoms with Gasteiger partial charge < -0.3 is 10.3 Å². The van der Waals surface area contributed by atoms with Crippen LogP contribution in [0, 0.1) is 0 Å². The zero-order valence-corrected chi connectivity index (χ0v) is 11.3. The molecule has 0 aliphatic carbocycles. The molecule has 2 aromatic rings. The van der Waals surface area contributed by atoms with Gasteiger partial charge in [0.25, 0.3) is 5.56 Å². The number of hydrogen-bond acceptors (Lipinski definition) is 5. The third kappa shape index (κ3) is 3.40. The zero-order chi connectivity index (χ0) is 13.0. The van der Waals surface area contributed by atoms with Gasteiger partial charge in [-0.15, -0.1) is 11.3 Å². The maximum Gasteiger partial charge on any atom is 0.252 e. The monoisotopic (exact) mass is 264 g/mol. The molecule has 0 aliphatic rings. The van der Waals surface area contributed by atoms with Crippen LogP contribution >= 0.6 is 11.3 Å². The van der Waals surface area contributed by atoms with Gasteiger partial charge in [0.2, 0.25) is 0 Å². The van der Waals surface area contributed by atoms with Gasteiger partial charge in [0.1, 0.15) is 11.6 Å². The van der Waals surface area contributed by atoms with Gasteiger partial charge in [-0.05, 0) is 0 Å². The van der Waals surface area contributed by atoms with Crippen molar-refractivity contribution in [3.8, 4) is 0 Å². The van der Waals surface area contributed by atoms with Crippen molar-refractivity contribution in [1.82, 2.24) is 15.0 Å². The van der Waals surface area contributed by atoms with E-state index in [-0.39, 0.29) is 11.5 Å². The molecule has 0 fully saturated rings. The summed E-state index contributed by atoms with van der Waals surface area (Å²) in [6, 6.07) is 1.48. The number of nitrogens with one attached hydrogen (secondary N) is 2. The molecule has 0 aliphatic heterocycles.